The first-order chi connectivity index (χ1) is 7.91. The van der Waals surface area contributed by atoms with E-state index in [-0.39, 0.29) is 17.7 Å². The van der Waals surface area contributed by atoms with Crippen molar-refractivity contribution in [2.75, 3.05) is 25.5 Å². The Labute approximate surface area is 104 Å². The summed E-state index contributed by atoms with van der Waals surface area (Å²) in [4.78, 5) is 0. The van der Waals surface area contributed by atoms with Gasteiger partial charge in [-0.15, -0.1) is 0 Å². The van der Waals surface area contributed by atoms with Crippen LogP contribution < -0.4 is 10.0 Å². The molecule has 1 saturated heterocycles. The minimum absolute atomic E-state index is 0.0211. The van der Waals surface area contributed by atoms with Crippen LogP contribution in [0, 0.1) is 5.92 Å². The zero-order valence-electron chi connectivity index (χ0n) is 10.9. The molecule has 2 unspecified atom stereocenters. The van der Waals surface area contributed by atoms with Crippen LogP contribution in [-0.4, -0.2) is 46.0 Å². The molecule has 0 amide bonds. The molecule has 1 heterocycles. The lowest BCUT2D eigenvalue weighted by molar-refractivity contribution is 0.0450. The molecule has 1 aliphatic heterocycles. The van der Waals surface area contributed by atoms with Gasteiger partial charge in [0.05, 0.1) is 12.4 Å². The van der Waals surface area contributed by atoms with E-state index in [0.29, 0.717) is 25.8 Å². The van der Waals surface area contributed by atoms with Crippen LogP contribution in [0.1, 0.15) is 27.2 Å². The monoisotopic (exact) mass is 264 g/mol. The van der Waals surface area contributed by atoms with Crippen molar-refractivity contribution in [2.24, 2.45) is 5.92 Å². The van der Waals surface area contributed by atoms with E-state index in [2.05, 4.69) is 10.0 Å². The van der Waals surface area contributed by atoms with Gasteiger partial charge in [0.15, 0.2) is 0 Å². The van der Waals surface area contributed by atoms with Crippen molar-refractivity contribution < 1.29 is 13.2 Å². The van der Waals surface area contributed by atoms with Crippen LogP contribution >= 0.6 is 0 Å². The second-order valence-corrected chi connectivity index (χ2v) is 6.87. The minimum atomic E-state index is -3.18. The minimum Gasteiger partial charge on any atom is -0.381 e. The van der Waals surface area contributed by atoms with Crippen LogP contribution in [0.15, 0.2) is 0 Å². The Morgan fingerprint density at radius 3 is 2.71 bits per heavy atom. The maximum Gasteiger partial charge on any atom is 0.213 e. The Bertz CT molecular complexity index is 317. The second kappa shape index (κ2) is 6.68. The van der Waals surface area contributed by atoms with Gasteiger partial charge in [0.2, 0.25) is 10.0 Å². The Morgan fingerprint density at radius 2 is 2.12 bits per heavy atom. The number of hydrogen-bond donors (Lipinski definition) is 2. The van der Waals surface area contributed by atoms with Gasteiger partial charge in [0.25, 0.3) is 0 Å². The Hall–Kier alpha value is -0.170. The fourth-order valence-electron chi connectivity index (χ4n) is 1.83. The van der Waals surface area contributed by atoms with Crippen LogP contribution in [0.4, 0.5) is 0 Å². The largest absolute Gasteiger partial charge is 0.381 e. The molecule has 0 bridgehead atoms. The molecule has 1 fully saturated rings. The average Bonchev–Trinajstić information content (AvgIpc) is 2.20. The summed E-state index contributed by atoms with van der Waals surface area (Å²) in [5, 5.41) is 3.11. The van der Waals surface area contributed by atoms with E-state index in [9.17, 15) is 8.42 Å². The summed E-state index contributed by atoms with van der Waals surface area (Å²) >= 11 is 0. The molecule has 5 nitrogen and oxygen atoms in total. The van der Waals surface area contributed by atoms with Crippen molar-refractivity contribution in [1.82, 2.24) is 10.0 Å². The molecule has 0 aromatic rings. The Kier molecular flexibility index (Phi) is 5.85. The lowest BCUT2D eigenvalue weighted by Gasteiger charge is -2.29. The first-order valence-corrected chi connectivity index (χ1v) is 7.87. The Morgan fingerprint density at radius 1 is 1.41 bits per heavy atom. The van der Waals surface area contributed by atoms with E-state index in [1.807, 2.05) is 20.8 Å². The van der Waals surface area contributed by atoms with Crippen molar-refractivity contribution in [3.8, 4) is 0 Å². The van der Waals surface area contributed by atoms with Gasteiger partial charge in [0.1, 0.15) is 0 Å². The average molecular weight is 264 g/mol. The molecule has 1 rings (SSSR count). The Balaban J connectivity index is 2.37. The van der Waals surface area contributed by atoms with Crippen molar-refractivity contribution in [1.29, 1.82) is 0 Å². The third kappa shape index (κ3) is 5.81. The number of sulfonamides is 1. The third-order valence-corrected chi connectivity index (χ3v) is 4.30. The molecule has 1 aliphatic rings. The fraction of sp³-hybridized carbons (Fsp3) is 1.00. The van der Waals surface area contributed by atoms with E-state index in [4.69, 9.17) is 4.74 Å². The van der Waals surface area contributed by atoms with E-state index >= 15 is 0 Å². The number of rotatable bonds is 6. The summed E-state index contributed by atoms with van der Waals surface area (Å²) in [6, 6.07) is 0.333. The van der Waals surface area contributed by atoms with Gasteiger partial charge in [-0.1, -0.05) is 20.8 Å². The zero-order valence-corrected chi connectivity index (χ0v) is 11.7. The predicted molar refractivity (Wildman–Crippen MR) is 68.4 cm³/mol. The highest BCUT2D eigenvalue weighted by molar-refractivity contribution is 7.89. The lowest BCUT2D eigenvalue weighted by Crippen LogP contribution is -2.46. The highest BCUT2D eigenvalue weighted by atomic mass is 32.2. The summed E-state index contributed by atoms with van der Waals surface area (Å²) in [6.07, 6.45) is 0.762. The van der Waals surface area contributed by atoms with E-state index in [0.717, 1.165) is 6.42 Å². The van der Waals surface area contributed by atoms with Crippen molar-refractivity contribution in [2.45, 2.75) is 39.3 Å². The van der Waals surface area contributed by atoms with Gasteiger partial charge in [-0.3, -0.25) is 0 Å². The highest BCUT2D eigenvalue weighted by Crippen LogP contribution is 2.14. The number of ether oxygens (including phenoxy) is 1. The molecule has 0 aliphatic carbocycles. The first kappa shape index (κ1) is 14.9. The maximum absolute atomic E-state index is 11.8. The van der Waals surface area contributed by atoms with Gasteiger partial charge >= 0.3 is 0 Å². The zero-order chi connectivity index (χ0) is 12.9. The van der Waals surface area contributed by atoms with E-state index < -0.39 is 10.0 Å². The summed E-state index contributed by atoms with van der Waals surface area (Å²) in [6.45, 7) is 7.78. The summed E-state index contributed by atoms with van der Waals surface area (Å²) in [5.74, 6) is 0.381. The predicted octanol–water partition coefficient (Wildman–Crippen LogP) is 0.329. The van der Waals surface area contributed by atoms with Crippen molar-refractivity contribution in [3.63, 3.8) is 0 Å². The molecule has 2 atom stereocenters. The smallest absolute Gasteiger partial charge is 0.213 e. The second-order valence-electron chi connectivity index (χ2n) is 4.99. The number of nitrogens with one attached hydrogen (secondary N) is 2. The molecule has 0 radical (unpaired) electrons. The van der Waals surface area contributed by atoms with Gasteiger partial charge < -0.3 is 10.1 Å². The van der Waals surface area contributed by atoms with E-state index in [1.165, 1.54) is 0 Å². The molecule has 0 aromatic heterocycles. The van der Waals surface area contributed by atoms with Crippen LogP contribution in [0.5, 0.6) is 0 Å². The summed E-state index contributed by atoms with van der Waals surface area (Å²) in [7, 11) is -3.18. The molecule has 2 N–H and O–H groups in total. The molecule has 102 valence electrons. The third-order valence-electron chi connectivity index (χ3n) is 2.90. The lowest BCUT2D eigenvalue weighted by atomic mass is 9.99. The molecule has 0 aromatic carbocycles. The molecule has 0 saturated carbocycles. The van der Waals surface area contributed by atoms with Gasteiger partial charge in [-0.25, -0.2) is 13.1 Å². The van der Waals surface area contributed by atoms with Crippen LogP contribution in [0.25, 0.3) is 0 Å². The highest BCUT2D eigenvalue weighted by Gasteiger charge is 2.25. The normalized spacial score (nSPS) is 26.4. The maximum atomic E-state index is 11.8. The van der Waals surface area contributed by atoms with Gasteiger partial charge in [0, 0.05) is 25.2 Å². The van der Waals surface area contributed by atoms with Crippen LogP contribution in [0.3, 0.4) is 0 Å². The molecule has 17 heavy (non-hydrogen) atoms. The fourth-order valence-corrected chi connectivity index (χ4v) is 3.14. The topological polar surface area (TPSA) is 67.4 Å². The van der Waals surface area contributed by atoms with Gasteiger partial charge in [-0.2, -0.15) is 0 Å². The van der Waals surface area contributed by atoms with Crippen LogP contribution in [0.2, 0.25) is 0 Å². The molecule has 0 spiro atoms. The van der Waals surface area contributed by atoms with Crippen LogP contribution in [-0.2, 0) is 14.8 Å². The van der Waals surface area contributed by atoms with E-state index in [1.54, 1.807) is 0 Å². The van der Waals surface area contributed by atoms with Crippen molar-refractivity contribution in [3.05, 3.63) is 0 Å². The molecular weight excluding hydrogens is 240 g/mol. The first-order valence-electron chi connectivity index (χ1n) is 6.22. The molecular formula is C11H24N2O3S. The number of hydrogen-bond acceptors (Lipinski definition) is 4. The molecule has 6 heteroatoms. The van der Waals surface area contributed by atoms with Gasteiger partial charge in [-0.05, 0) is 12.3 Å². The SMILES string of the molecule is CC(C)NCCS(=O)(=O)NC1CCOCC1C. The standard InChI is InChI=1S/C11H24N2O3S/c1-9(2)12-5-7-17(14,15)13-11-4-6-16-8-10(11)3/h9-13H,4-8H2,1-3H3. The summed E-state index contributed by atoms with van der Waals surface area (Å²) < 4.78 is 31.7. The quantitative estimate of drug-likeness (QED) is 0.725. The summed E-state index contributed by atoms with van der Waals surface area (Å²) in [5.41, 5.74) is 0. The van der Waals surface area contributed by atoms with Crippen molar-refractivity contribution >= 4 is 10.0 Å².